The van der Waals surface area contributed by atoms with Crippen molar-refractivity contribution in [3.63, 3.8) is 0 Å². The molecule has 174 valence electrons. The van der Waals surface area contributed by atoms with Crippen LogP contribution >= 0.6 is 0 Å². The van der Waals surface area contributed by atoms with Gasteiger partial charge in [0.25, 0.3) is 0 Å². The summed E-state index contributed by atoms with van der Waals surface area (Å²) >= 11 is 0. The summed E-state index contributed by atoms with van der Waals surface area (Å²) in [7, 11) is 1.45. The summed E-state index contributed by atoms with van der Waals surface area (Å²) in [5, 5.41) is 5.31. The highest BCUT2D eigenvalue weighted by Crippen LogP contribution is 2.10. The maximum Gasteiger partial charge on any atom is 0.408 e. The molecular formula is C24H31FN2O5. The van der Waals surface area contributed by atoms with Crippen LogP contribution in [-0.2, 0) is 38.8 Å². The van der Waals surface area contributed by atoms with E-state index in [9.17, 15) is 14.0 Å². The molecule has 0 radical (unpaired) electrons. The number of methoxy groups -OCH3 is 1. The SMILES string of the molecule is COC[C@@H](NC(=O)OC(C)(C)C)C(=O)NCc1ccc(COCc2cccc(F)c2)cc1. The van der Waals surface area contributed by atoms with Gasteiger partial charge in [-0.05, 0) is 49.6 Å². The lowest BCUT2D eigenvalue weighted by molar-refractivity contribution is -0.124. The highest BCUT2D eigenvalue weighted by atomic mass is 19.1. The van der Waals surface area contributed by atoms with Gasteiger partial charge in [-0.1, -0.05) is 36.4 Å². The first-order valence-electron chi connectivity index (χ1n) is 10.3. The van der Waals surface area contributed by atoms with Gasteiger partial charge in [-0.25, -0.2) is 9.18 Å². The molecule has 1 atom stereocenters. The predicted molar refractivity (Wildman–Crippen MR) is 118 cm³/mol. The van der Waals surface area contributed by atoms with E-state index < -0.39 is 17.7 Å². The van der Waals surface area contributed by atoms with Crippen LogP contribution in [0.4, 0.5) is 9.18 Å². The van der Waals surface area contributed by atoms with E-state index >= 15 is 0 Å². The summed E-state index contributed by atoms with van der Waals surface area (Å²) in [5.41, 5.74) is 1.96. The van der Waals surface area contributed by atoms with Gasteiger partial charge < -0.3 is 24.8 Å². The molecule has 0 heterocycles. The third-order valence-corrected chi connectivity index (χ3v) is 4.26. The van der Waals surface area contributed by atoms with Crippen LogP contribution in [0, 0.1) is 5.82 Å². The molecule has 0 aliphatic heterocycles. The number of ether oxygens (including phenoxy) is 3. The molecule has 32 heavy (non-hydrogen) atoms. The van der Waals surface area contributed by atoms with Crippen molar-refractivity contribution < 1.29 is 28.2 Å². The van der Waals surface area contributed by atoms with Gasteiger partial charge in [-0.2, -0.15) is 0 Å². The average Bonchev–Trinajstić information content (AvgIpc) is 2.71. The molecule has 2 aromatic carbocycles. The quantitative estimate of drug-likeness (QED) is 0.581. The van der Waals surface area contributed by atoms with Crippen molar-refractivity contribution in [2.24, 2.45) is 0 Å². The van der Waals surface area contributed by atoms with E-state index in [1.54, 1.807) is 26.8 Å². The number of hydrogen-bond acceptors (Lipinski definition) is 5. The van der Waals surface area contributed by atoms with E-state index in [4.69, 9.17) is 14.2 Å². The molecule has 0 saturated carbocycles. The molecular weight excluding hydrogens is 415 g/mol. The molecule has 2 amide bonds. The second-order valence-electron chi connectivity index (χ2n) is 8.31. The van der Waals surface area contributed by atoms with Crippen molar-refractivity contribution in [1.82, 2.24) is 10.6 Å². The summed E-state index contributed by atoms with van der Waals surface area (Å²) in [6.07, 6.45) is -0.683. The summed E-state index contributed by atoms with van der Waals surface area (Å²) in [6, 6.07) is 13.0. The molecule has 0 saturated heterocycles. The lowest BCUT2D eigenvalue weighted by atomic mass is 10.1. The third kappa shape index (κ3) is 9.45. The summed E-state index contributed by atoms with van der Waals surface area (Å²) < 4.78 is 29.0. The Labute approximate surface area is 188 Å². The highest BCUT2D eigenvalue weighted by molar-refractivity contribution is 5.85. The van der Waals surface area contributed by atoms with Crippen molar-refractivity contribution >= 4 is 12.0 Å². The largest absolute Gasteiger partial charge is 0.444 e. The minimum atomic E-state index is -0.870. The Morgan fingerprint density at radius 2 is 1.66 bits per heavy atom. The van der Waals surface area contributed by atoms with Gasteiger partial charge in [0.2, 0.25) is 5.91 Å². The first-order valence-corrected chi connectivity index (χ1v) is 10.3. The second kappa shape index (κ2) is 12.2. The van der Waals surface area contributed by atoms with Crippen molar-refractivity contribution in [2.75, 3.05) is 13.7 Å². The first-order chi connectivity index (χ1) is 15.2. The van der Waals surface area contributed by atoms with E-state index in [1.165, 1.54) is 19.2 Å². The average molecular weight is 447 g/mol. The van der Waals surface area contributed by atoms with Gasteiger partial charge in [-0.15, -0.1) is 0 Å². The van der Waals surface area contributed by atoms with Gasteiger partial charge in [0.15, 0.2) is 0 Å². The molecule has 0 spiro atoms. The molecule has 0 fully saturated rings. The highest BCUT2D eigenvalue weighted by Gasteiger charge is 2.24. The zero-order valence-corrected chi connectivity index (χ0v) is 18.9. The Kier molecular flexibility index (Phi) is 9.61. The molecule has 8 heteroatoms. The van der Waals surface area contributed by atoms with Crippen LogP contribution in [0.25, 0.3) is 0 Å². The number of amides is 2. The molecule has 0 unspecified atom stereocenters. The molecule has 0 aromatic heterocycles. The van der Waals surface area contributed by atoms with Crippen molar-refractivity contribution in [3.8, 4) is 0 Å². The maximum absolute atomic E-state index is 13.2. The van der Waals surface area contributed by atoms with Gasteiger partial charge in [0, 0.05) is 13.7 Å². The lowest BCUT2D eigenvalue weighted by Gasteiger charge is -2.23. The van der Waals surface area contributed by atoms with E-state index in [0.717, 1.165) is 16.7 Å². The fraction of sp³-hybridized carbons (Fsp3) is 0.417. The third-order valence-electron chi connectivity index (χ3n) is 4.26. The lowest BCUT2D eigenvalue weighted by Crippen LogP contribution is -2.50. The Hall–Kier alpha value is -2.97. The number of hydrogen-bond donors (Lipinski definition) is 2. The van der Waals surface area contributed by atoms with Crippen LogP contribution < -0.4 is 10.6 Å². The molecule has 2 N–H and O–H groups in total. The van der Waals surface area contributed by atoms with Crippen molar-refractivity contribution in [1.29, 1.82) is 0 Å². The minimum Gasteiger partial charge on any atom is -0.444 e. The summed E-state index contributed by atoms with van der Waals surface area (Å²) in [4.78, 5) is 24.4. The van der Waals surface area contributed by atoms with Crippen molar-refractivity contribution in [2.45, 2.75) is 52.2 Å². The smallest absolute Gasteiger partial charge is 0.408 e. The normalized spacial score (nSPS) is 12.2. The molecule has 0 aliphatic rings. The fourth-order valence-electron chi connectivity index (χ4n) is 2.78. The standard InChI is InChI=1S/C24H31FN2O5/c1-24(2,3)32-23(29)27-21(16-30-4)22(28)26-13-17-8-10-18(11-9-17)14-31-15-19-6-5-7-20(25)12-19/h5-12,21H,13-16H2,1-4H3,(H,26,28)(H,27,29)/t21-/m1/s1. The van der Waals surface area contributed by atoms with Crippen LogP contribution in [0.3, 0.4) is 0 Å². The number of benzene rings is 2. The fourth-order valence-corrected chi connectivity index (χ4v) is 2.78. The van der Waals surface area contributed by atoms with Gasteiger partial charge in [0.05, 0.1) is 19.8 Å². The number of carbonyl (C=O) groups excluding carboxylic acids is 2. The van der Waals surface area contributed by atoms with Crippen LogP contribution in [0.1, 0.15) is 37.5 Å². The molecule has 0 aliphatic carbocycles. The van der Waals surface area contributed by atoms with Crippen LogP contribution in [0.2, 0.25) is 0 Å². The number of rotatable bonds is 10. The molecule has 7 nitrogen and oxygen atoms in total. The summed E-state index contributed by atoms with van der Waals surface area (Å²) in [5.74, 6) is -0.660. The Morgan fingerprint density at radius 3 is 2.28 bits per heavy atom. The molecule has 2 aromatic rings. The summed E-state index contributed by atoms with van der Waals surface area (Å²) in [6.45, 7) is 6.25. The number of halogens is 1. The zero-order valence-electron chi connectivity index (χ0n) is 18.9. The second-order valence-corrected chi connectivity index (χ2v) is 8.31. The van der Waals surface area contributed by atoms with Gasteiger partial charge >= 0.3 is 6.09 Å². The topological polar surface area (TPSA) is 85.9 Å². The van der Waals surface area contributed by atoms with Crippen molar-refractivity contribution in [3.05, 3.63) is 71.0 Å². The molecule has 2 rings (SSSR count). The van der Waals surface area contributed by atoms with E-state index in [-0.39, 0.29) is 18.3 Å². The van der Waals surface area contributed by atoms with E-state index in [1.807, 2.05) is 30.3 Å². The van der Waals surface area contributed by atoms with E-state index in [2.05, 4.69) is 10.6 Å². The van der Waals surface area contributed by atoms with Crippen LogP contribution in [-0.4, -0.2) is 37.4 Å². The number of carbonyl (C=O) groups is 2. The Bertz CT molecular complexity index is 881. The van der Waals surface area contributed by atoms with Crippen LogP contribution in [0.15, 0.2) is 48.5 Å². The van der Waals surface area contributed by atoms with Crippen LogP contribution in [0.5, 0.6) is 0 Å². The number of nitrogens with one attached hydrogen (secondary N) is 2. The minimum absolute atomic E-state index is 0.0205. The predicted octanol–water partition coefficient (Wildman–Crippen LogP) is 3.70. The Balaban J connectivity index is 1.80. The number of alkyl carbamates (subject to hydrolysis) is 1. The van der Waals surface area contributed by atoms with E-state index in [0.29, 0.717) is 19.8 Å². The Morgan fingerprint density at radius 1 is 1.00 bits per heavy atom. The van der Waals surface area contributed by atoms with Gasteiger partial charge in [0.1, 0.15) is 17.5 Å². The monoisotopic (exact) mass is 446 g/mol. The molecule has 0 bridgehead atoms. The first kappa shape index (κ1) is 25.3. The zero-order chi connectivity index (χ0) is 23.6. The maximum atomic E-state index is 13.2. The van der Waals surface area contributed by atoms with Gasteiger partial charge in [-0.3, -0.25) is 4.79 Å².